The van der Waals surface area contributed by atoms with Crippen LogP contribution in [0.4, 0.5) is 0 Å². The standard InChI is InChI=1S/C16H24N2O/c1-16(8-2-3-9-16)12-18-15(19)10-13-4-6-14(11-17)7-5-13/h4-7H,2-3,8-12,17H2,1H3,(H,18,19). The molecule has 2 rings (SSSR count). The van der Waals surface area contributed by atoms with Crippen molar-refractivity contribution in [1.29, 1.82) is 0 Å². The summed E-state index contributed by atoms with van der Waals surface area (Å²) in [5, 5.41) is 3.08. The number of hydrogen-bond acceptors (Lipinski definition) is 2. The quantitative estimate of drug-likeness (QED) is 0.854. The van der Waals surface area contributed by atoms with E-state index < -0.39 is 0 Å². The molecular formula is C16H24N2O. The normalized spacial score (nSPS) is 17.4. The molecular weight excluding hydrogens is 236 g/mol. The molecule has 0 unspecified atom stereocenters. The molecule has 0 bridgehead atoms. The van der Waals surface area contributed by atoms with Gasteiger partial charge in [0.1, 0.15) is 0 Å². The SMILES string of the molecule is CC1(CNC(=O)Cc2ccc(CN)cc2)CCCC1. The lowest BCUT2D eigenvalue weighted by molar-refractivity contribution is -0.120. The average Bonchev–Trinajstić information content (AvgIpc) is 2.85. The van der Waals surface area contributed by atoms with Crippen molar-refractivity contribution in [2.24, 2.45) is 11.1 Å². The maximum absolute atomic E-state index is 11.9. The lowest BCUT2D eigenvalue weighted by atomic mass is 9.89. The largest absolute Gasteiger partial charge is 0.355 e. The molecule has 0 saturated heterocycles. The molecule has 1 fully saturated rings. The fraction of sp³-hybridized carbons (Fsp3) is 0.562. The zero-order chi connectivity index (χ0) is 13.7. The Balaban J connectivity index is 1.80. The lowest BCUT2D eigenvalue weighted by Gasteiger charge is -2.23. The minimum atomic E-state index is 0.119. The Bertz CT molecular complexity index is 419. The van der Waals surface area contributed by atoms with Crippen LogP contribution >= 0.6 is 0 Å². The molecule has 1 amide bonds. The summed E-state index contributed by atoms with van der Waals surface area (Å²) < 4.78 is 0. The lowest BCUT2D eigenvalue weighted by Crippen LogP contribution is -2.34. The number of carbonyl (C=O) groups is 1. The Labute approximate surface area is 115 Å². The van der Waals surface area contributed by atoms with E-state index in [1.54, 1.807) is 0 Å². The highest BCUT2D eigenvalue weighted by Gasteiger charge is 2.28. The summed E-state index contributed by atoms with van der Waals surface area (Å²) in [4.78, 5) is 11.9. The number of nitrogens with two attached hydrogens (primary N) is 1. The van der Waals surface area contributed by atoms with Gasteiger partial charge < -0.3 is 11.1 Å². The summed E-state index contributed by atoms with van der Waals surface area (Å²) >= 11 is 0. The van der Waals surface area contributed by atoms with Crippen molar-refractivity contribution in [1.82, 2.24) is 5.32 Å². The number of hydrogen-bond donors (Lipinski definition) is 2. The summed E-state index contributed by atoms with van der Waals surface area (Å²) in [6, 6.07) is 7.94. The highest BCUT2D eigenvalue weighted by molar-refractivity contribution is 5.78. The molecule has 0 heterocycles. The maximum Gasteiger partial charge on any atom is 0.224 e. The second-order valence-electron chi connectivity index (χ2n) is 5.99. The minimum absolute atomic E-state index is 0.119. The Morgan fingerprint density at radius 2 is 1.79 bits per heavy atom. The van der Waals surface area contributed by atoms with Gasteiger partial charge in [-0.3, -0.25) is 4.79 Å². The molecule has 1 aromatic rings. The molecule has 3 N–H and O–H groups in total. The van der Waals surface area contributed by atoms with Crippen molar-refractivity contribution in [2.75, 3.05) is 6.54 Å². The van der Waals surface area contributed by atoms with E-state index >= 15 is 0 Å². The van der Waals surface area contributed by atoms with Crippen molar-refractivity contribution >= 4 is 5.91 Å². The summed E-state index contributed by atoms with van der Waals surface area (Å²) in [6.45, 7) is 3.63. The van der Waals surface area contributed by atoms with Crippen LogP contribution in [0.15, 0.2) is 24.3 Å². The summed E-state index contributed by atoms with van der Waals surface area (Å²) in [5.41, 5.74) is 8.02. The van der Waals surface area contributed by atoms with Gasteiger partial charge in [-0.25, -0.2) is 0 Å². The van der Waals surface area contributed by atoms with E-state index in [0.717, 1.165) is 17.7 Å². The monoisotopic (exact) mass is 260 g/mol. The Hall–Kier alpha value is -1.35. The molecule has 1 aromatic carbocycles. The van der Waals surface area contributed by atoms with Crippen LogP contribution < -0.4 is 11.1 Å². The second-order valence-corrected chi connectivity index (χ2v) is 5.99. The molecule has 1 aliphatic rings. The van der Waals surface area contributed by atoms with Crippen LogP contribution in [0.1, 0.15) is 43.7 Å². The Morgan fingerprint density at radius 1 is 1.21 bits per heavy atom. The van der Waals surface area contributed by atoms with E-state index in [0.29, 0.717) is 18.4 Å². The first-order valence-electron chi connectivity index (χ1n) is 7.16. The van der Waals surface area contributed by atoms with Crippen LogP contribution in [0.3, 0.4) is 0 Å². The third kappa shape index (κ3) is 4.06. The van der Waals surface area contributed by atoms with Crippen LogP contribution in [0.25, 0.3) is 0 Å². The molecule has 104 valence electrons. The molecule has 3 heteroatoms. The molecule has 1 saturated carbocycles. The van der Waals surface area contributed by atoms with Crippen LogP contribution in [0.5, 0.6) is 0 Å². The fourth-order valence-electron chi connectivity index (χ4n) is 2.76. The van der Waals surface area contributed by atoms with E-state index in [1.165, 1.54) is 25.7 Å². The van der Waals surface area contributed by atoms with Gasteiger partial charge in [0, 0.05) is 13.1 Å². The van der Waals surface area contributed by atoms with Crippen LogP contribution in [-0.2, 0) is 17.8 Å². The molecule has 19 heavy (non-hydrogen) atoms. The van der Waals surface area contributed by atoms with Gasteiger partial charge >= 0.3 is 0 Å². The fourth-order valence-corrected chi connectivity index (χ4v) is 2.76. The molecule has 0 spiro atoms. The average molecular weight is 260 g/mol. The van der Waals surface area contributed by atoms with E-state index in [-0.39, 0.29) is 5.91 Å². The smallest absolute Gasteiger partial charge is 0.224 e. The van der Waals surface area contributed by atoms with Gasteiger partial charge in [-0.2, -0.15) is 0 Å². The number of carbonyl (C=O) groups excluding carboxylic acids is 1. The van der Waals surface area contributed by atoms with Crippen molar-refractivity contribution in [2.45, 2.75) is 45.6 Å². The van der Waals surface area contributed by atoms with Crippen LogP contribution in [0.2, 0.25) is 0 Å². The van der Waals surface area contributed by atoms with Crippen molar-refractivity contribution < 1.29 is 4.79 Å². The van der Waals surface area contributed by atoms with Gasteiger partial charge in [0.2, 0.25) is 5.91 Å². The first-order valence-corrected chi connectivity index (χ1v) is 7.16. The summed E-state index contributed by atoms with van der Waals surface area (Å²) in [6.07, 6.45) is 5.53. The molecule has 0 aromatic heterocycles. The van der Waals surface area contributed by atoms with Crippen LogP contribution in [-0.4, -0.2) is 12.5 Å². The predicted octanol–water partition coefficient (Wildman–Crippen LogP) is 2.38. The van der Waals surface area contributed by atoms with Gasteiger partial charge in [-0.15, -0.1) is 0 Å². The van der Waals surface area contributed by atoms with Crippen molar-refractivity contribution in [3.05, 3.63) is 35.4 Å². The zero-order valence-electron chi connectivity index (χ0n) is 11.7. The number of amides is 1. The highest BCUT2D eigenvalue weighted by atomic mass is 16.1. The van der Waals surface area contributed by atoms with Gasteiger partial charge in [0.15, 0.2) is 0 Å². The van der Waals surface area contributed by atoms with Gasteiger partial charge in [-0.05, 0) is 29.4 Å². The first-order chi connectivity index (χ1) is 9.11. The third-order valence-electron chi connectivity index (χ3n) is 4.15. The van der Waals surface area contributed by atoms with E-state index in [9.17, 15) is 4.79 Å². The summed E-state index contributed by atoms with van der Waals surface area (Å²) in [7, 11) is 0. The van der Waals surface area contributed by atoms with E-state index in [4.69, 9.17) is 5.73 Å². The number of benzene rings is 1. The van der Waals surface area contributed by atoms with Crippen molar-refractivity contribution in [3.63, 3.8) is 0 Å². The predicted molar refractivity (Wildman–Crippen MR) is 77.6 cm³/mol. The summed E-state index contributed by atoms with van der Waals surface area (Å²) in [5.74, 6) is 0.119. The topological polar surface area (TPSA) is 55.1 Å². The number of nitrogens with one attached hydrogen (secondary N) is 1. The third-order valence-corrected chi connectivity index (χ3v) is 4.15. The van der Waals surface area contributed by atoms with Gasteiger partial charge in [0.25, 0.3) is 0 Å². The highest BCUT2D eigenvalue weighted by Crippen LogP contribution is 2.36. The molecule has 1 aliphatic carbocycles. The van der Waals surface area contributed by atoms with E-state index in [1.807, 2.05) is 24.3 Å². The molecule has 3 nitrogen and oxygen atoms in total. The molecule has 0 aliphatic heterocycles. The van der Waals surface area contributed by atoms with Crippen molar-refractivity contribution in [3.8, 4) is 0 Å². The minimum Gasteiger partial charge on any atom is -0.355 e. The van der Waals surface area contributed by atoms with E-state index in [2.05, 4.69) is 12.2 Å². The Morgan fingerprint density at radius 3 is 2.37 bits per heavy atom. The zero-order valence-corrected chi connectivity index (χ0v) is 11.7. The van der Waals surface area contributed by atoms with Gasteiger partial charge in [0.05, 0.1) is 6.42 Å². The van der Waals surface area contributed by atoms with Crippen LogP contribution in [0, 0.1) is 5.41 Å². The maximum atomic E-state index is 11.9. The Kier molecular flexibility index (Phi) is 4.59. The molecule has 0 atom stereocenters. The molecule has 0 radical (unpaired) electrons. The first kappa shape index (κ1) is 14.1. The number of rotatable bonds is 5. The second kappa shape index (κ2) is 6.20. The van der Waals surface area contributed by atoms with Gasteiger partial charge in [-0.1, -0.05) is 44.0 Å².